The Balaban J connectivity index is 1.72. The fourth-order valence-corrected chi connectivity index (χ4v) is 4.62. The number of hydrogen-bond donors (Lipinski definition) is 6. The van der Waals surface area contributed by atoms with Crippen molar-refractivity contribution in [2.45, 2.75) is 9.79 Å². The molecule has 0 fully saturated rings. The molecular weight excluding hydrogens is 538 g/mol. The number of benzene rings is 4. The quantitative estimate of drug-likeness (QED) is 0.109. The smallest absolute Gasteiger partial charge is 0.296 e. The van der Waals surface area contributed by atoms with Gasteiger partial charge in [0.2, 0.25) is 0 Å². The molecule has 0 aliphatic rings. The minimum atomic E-state index is -4.93. The Hall–Kier alpha value is -4.64. The summed E-state index contributed by atoms with van der Waals surface area (Å²) in [4.78, 5) is -1.52. The SMILES string of the molecule is Nc1ccc(N=Nc2ccc(N=Nc3c(S(=O)(=O)O)cc4cc(S(=O)(=O)O)cc(O)c4c3N)cc2)c(N)c1. The van der Waals surface area contributed by atoms with Gasteiger partial charge in [-0.3, -0.25) is 9.11 Å². The molecule has 0 saturated carbocycles. The number of nitrogen functional groups attached to an aromatic ring is 3. The first-order valence-electron chi connectivity index (χ1n) is 10.4. The van der Waals surface area contributed by atoms with Crippen LogP contribution in [0, 0.1) is 0 Å². The number of nitrogens with zero attached hydrogens (tertiary/aromatic N) is 4. The molecule has 38 heavy (non-hydrogen) atoms. The van der Waals surface area contributed by atoms with E-state index in [1.165, 1.54) is 12.1 Å². The number of nitrogens with two attached hydrogens (primary N) is 3. The summed E-state index contributed by atoms with van der Waals surface area (Å²) in [5.74, 6) is -0.678. The monoisotopic (exact) mass is 557 g/mol. The van der Waals surface area contributed by atoms with Crippen LogP contribution in [-0.2, 0) is 20.2 Å². The van der Waals surface area contributed by atoms with Crippen molar-refractivity contribution in [1.82, 2.24) is 0 Å². The molecule has 4 rings (SSSR count). The molecule has 0 unspecified atom stereocenters. The first kappa shape index (κ1) is 26.4. The lowest BCUT2D eigenvalue weighted by molar-refractivity contribution is 0.471. The van der Waals surface area contributed by atoms with Gasteiger partial charge in [0.1, 0.15) is 22.0 Å². The fourth-order valence-electron chi connectivity index (χ4n) is 3.41. The minimum Gasteiger partial charge on any atom is -0.507 e. The molecular formula is C22H19N7O7S2. The van der Waals surface area contributed by atoms with Gasteiger partial charge in [-0.1, -0.05) is 0 Å². The van der Waals surface area contributed by atoms with Crippen LogP contribution in [-0.4, -0.2) is 31.0 Å². The van der Waals surface area contributed by atoms with Gasteiger partial charge < -0.3 is 22.3 Å². The largest absolute Gasteiger partial charge is 0.507 e. The van der Waals surface area contributed by atoms with Crippen LogP contribution in [0.5, 0.6) is 5.75 Å². The maximum Gasteiger partial charge on any atom is 0.296 e. The highest BCUT2D eigenvalue weighted by molar-refractivity contribution is 7.86. The van der Waals surface area contributed by atoms with Crippen LogP contribution in [0.1, 0.15) is 0 Å². The van der Waals surface area contributed by atoms with E-state index in [0.717, 1.165) is 18.2 Å². The summed E-state index contributed by atoms with van der Waals surface area (Å²) in [6.07, 6.45) is 0. The molecule has 4 aromatic carbocycles. The van der Waals surface area contributed by atoms with Crippen LogP contribution in [0.2, 0.25) is 0 Å². The van der Waals surface area contributed by atoms with Crippen molar-refractivity contribution in [3.63, 3.8) is 0 Å². The van der Waals surface area contributed by atoms with Crippen molar-refractivity contribution in [1.29, 1.82) is 0 Å². The number of phenolic OH excluding ortho intramolecular Hbond substituents is 1. The molecule has 0 atom stereocenters. The third-order valence-electron chi connectivity index (χ3n) is 5.18. The van der Waals surface area contributed by atoms with E-state index >= 15 is 0 Å². The van der Waals surface area contributed by atoms with Gasteiger partial charge in [-0.2, -0.15) is 27.1 Å². The Bertz CT molecular complexity index is 1860. The molecule has 0 bridgehead atoms. The highest BCUT2D eigenvalue weighted by Crippen LogP contribution is 2.43. The third-order valence-corrected chi connectivity index (χ3v) is 6.88. The predicted octanol–water partition coefficient (Wildman–Crippen LogP) is 4.62. The zero-order valence-corrected chi connectivity index (χ0v) is 20.7. The molecule has 0 aromatic heterocycles. The minimum absolute atomic E-state index is 0.170. The van der Waals surface area contributed by atoms with Crippen molar-refractivity contribution < 1.29 is 31.0 Å². The van der Waals surface area contributed by atoms with Crippen molar-refractivity contribution in [3.8, 4) is 5.75 Å². The van der Waals surface area contributed by atoms with E-state index in [2.05, 4.69) is 20.5 Å². The number of rotatable bonds is 6. The zero-order chi connectivity index (χ0) is 27.8. The van der Waals surface area contributed by atoms with Gasteiger partial charge in [0.15, 0.2) is 0 Å². The Morgan fingerprint density at radius 2 is 1.29 bits per heavy atom. The van der Waals surface area contributed by atoms with Crippen LogP contribution in [0.4, 0.5) is 39.8 Å². The molecule has 0 saturated heterocycles. The van der Waals surface area contributed by atoms with E-state index in [-0.39, 0.29) is 16.5 Å². The Morgan fingerprint density at radius 3 is 1.84 bits per heavy atom. The molecule has 0 aliphatic heterocycles. The average molecular weight is 558 g/mol. The standard InChI is InChI=1S/C22H19N7O7S2/c23-12-1-6-17(16(24)9-12)28-26-13-2-4-14(5-3-13)27-29-22-19(38(34,35)36)8-11-7-15(37(31,32)33)10-18(30)20(11)21(22)25/h1-10,30H,23-25H2,(H,31,32,33)(H,34,35,36). The number of phenols is 1. The van der Waals surface area contributed by atoms with E-state index in [1.54, 1.807) is 30.3 Å². The fraction of sp³-hybridized carbons (Fsp3) is 0. The lowest BCUT2D eigenvalue weighted by Crippen LogP contribution is -2.03. The predicted molar refractivity (Wildman–Crippen MR) is 140 cm³/mol. The summed E-state index contributed by atoms with van der Waals surface area (Å²) >= 11 is 0. The topological polar surface area (TPSA) is 256 Å². The molecule has 0 aliphatic carbocycles. The molecule has 0 radical (unpaired) electrons. The molecule has 0 spiro atoms. The molecule has 0 heterocycles. The van der Waals surface area contributed by atoms with Crippen molar-refractivity contribution in [2.24, 2.45) is 20.5 Å². The molecule has 4 aromatic rings. The van der Waals surface area contributed by atoms with Crippen LogP contribution < -0.4 is 17.2 Å². The summed E-state index contributed by atoms with van der Waals surface area (Å²) in [7, 11) is -9.67. The number of aromatic hydroxyl groups is 1. The van der Waals surface area contributed by atoms with Crippen molar-refractivity contribution in [2.75, 3.05) is 17.2 Å². The van der Waals surface area contributed by atoms with E-state index in [1.807, 2.05) is 0 Å². The second-order valence-electron chi connectivity index (χ2n) is 7.86. The summed E-state index contributed by atoms with van der Waals surface area (Å²) in [5.41, 5.74) is 18.5. The van der Waals surface area contributed by atoms with Gasteiger partial charge in [-0.15, -0.1) is 10.2 Å². The van der Waals surface area contributed by atoms with Crippen LogP contribution in [0.3, 0.4) is 0 Å². The first-order chi connectivity index (χ1) is 17.7. The van der Waals surface area contributed by atoms with Crippen LogP contribution >= 0.6 is 0 Å². The number of fused-ring (bicyclic) bond motifs is 1. The number of azo groups is 2. The summed E-state index contributed by atoms with van der Waals surface area (Å²) < 4.78 is 66.0. The van der Waals surface area contributed by atoms with E-state index in [9.17, 15) is 31.0 Å². The number of hydrogen-bond acceptors (Lipinski definition) is 12. The lowest BCUT2D eigenvalue weighted by Gasteiger charge is -2.12. The van der Waals surface area contributed by atoms with Gasteiger partial charge >= 0.3 is 0 Å². The molecule has 196 valence electrons. The maximum atomic E-state index is 12.0. The van der Waals surface area contributed by atoms with E-state index in [4.69, 9.17) is 17.2 Å². The van der Waals surface area contributed by atoms with Gasteiger partial charge in [-0.05, 0) is 60.0 Å². The highest BCUT2D eigenvalue weighted by atomic mass is 32.2. The van der Waals surface area contributed by atoms with Crippen LogP contribution in [0.15, 0.2) is 90.9 Å². The van der Waals surface area contributed by atoms with Gasteiger partial charge in [0.25, 0.3) is 20.2 Å². The van der Waals surface area contributed by atoms with Gasteiger partial charge in [0.05, 0.1) is 27.6 Å². The second kappa shape index (κ2) is 9.67. The second-order valence-corrected chi connectivity index (χ2v) is 10.7. The number of anilines is 3. The molecule has 0 amide bonds. The average Bonchev–Trinajstić information content (AvgIpc) is 2.82. The summed E-state index contributed by atoms with van der Waals surface area (Å²) in [6.45, 7) is 0. The first-order valence-corrected chi connectivity index (χ1v) is 13.2. The lowest BCUT2D eigenvalue weighted by atomic mass is 10.1. The van der Waals surface area contributed by atoms with E-state index in [0.29, 0.717) is 22.7 Å². The summed E-state index contributed by atoms with van der Waals surface area (Å²) in [6, 6.07) is 13.3. The highest BCUT2D eigenvalue weighted by Gasteiger charge is 2.24. The molecule has 9 N–H and O–H groups in total. The maximum absolute atomic E-state index is 12.0. The Morgan fingerprint density at radius 1 is 0.684 bits per heavy atom. The van der Waals surface area contributed by atoms with Gasteiger partial charge in [-0.25, -0.2) is 0 Å². The van der Waals surface area contributed by atoms with Crippen molar-refractivity contribution >= 4 is 70.8 Å². The van der Waals surface area contributed by atoms with E-state index < -0.39 is 47.2 Å². The van der Waals surface area contributed by atoms with Crippen LogP contribution in [0.25, 0.3) is 10.8 Å². The zero-order valence-electron chi connectivity index (χ0n) is 19.1. The Labute approximate surface area is 215 Å². The Kier molecular flexibility index (Phi) is 6.73. The summed E-state index contributed by atoms with van der Waals surface area (Å²) in [5, 5.41) is 25.9. The van der Waals surface area contributed by atoms with Gasteiger partial charge in [0, 0.05) is 17.1 Å². The third kappa shape index (κ3) is 5.52. The molecule has 16 heteroatoms. The molecule has 14 nitrogen and oxygen atoms in total. The normalized spacial score (nSPS) is 12.6. The van der Waals surface area contributed by atoms with Crippen molar-refractivity contribution in [3.05, 3.63) is 60.7 Å².